The van der Waals surface area contributed by atoms with E-state index in [1.54, 1.807) is 12.0 Å². The van der Waals surface area contributed by atoms with Gasteiger partial charge in [0.25, 0.3) is 0 Å². The lowest BCUT2D eigenvalue weighted by molar-refractivity contribution is -0.151. The van der Waals surface area contributed by atoms with Crippen molar-refractivity contribution in [3.8, 4) is 0 Å². The summed E-state index contributed by atoms with van der Waals surface area (Å²) in [6.07, 6.45) is 1.86. The van der Waals surface area contributed by atoms with E-state index in [1.165, 1.54) is 6.92 Å². The van der Waals surface area contributed by atoms with E-state index in [9.17, 15) is 4.79 Å². The Morgan fingerprint density at radius 2 is 2.21 bits per heavy atom. The quantitative estimate of drug-likeness (QED) is 0.651. The summed E-state index contributed by atoms with van der Waals surface area (Å²) in [5, 5.41) is 0. The Hall–Kier alpha value is 0.01000. The van der Waals surface area contributed by atoms with E-state index in [-0.39, 0.29) is 11.8 Å². The van der Waals surface area contributed by atoms with Gasteiger partial charge >= 0.3 is 0 Å². The van der Waals surface area contributed by atoms with Crippen molar-refractivity contribution in [1.82, 2.24) is 4.90 Å². The number of hydrogen-bond acceptors (Lipinski definition) is 2. The first-order valence-electron chi connectivity index (χ1n) is 4.69. The number of alkyl halides is 2. The summed E-state index contributed by atoms with van der Waals surface area (Å²) in [5.74, 6) is 0.0284. The molecule has 0 radical (unpaired) electrons. The fraction of sp³-hybridized carbons (Fsp3) is 0.889. The number of halogens is 2. The number of fused-ring (bicyclic) bond motifs is 1. The molecule has 0 N–H and O–H groups in total. The van der Waals surface area contributed by atoms with Gasteiger partial charge in [-0.3, -0.25) is 4.79 Å². The number of piperidine rings is 1. The highest BCUT2D eigenvalue weighted by atomic mass is 35.5. The van der Waals surface area contributed by atoms with Crippen molar-refractivity contribution in [3.63, 3.8) is 0 Å². The minimum atomic E-state index is -0.927. The normalized spacial score (nSPS) is 39.1. The lowest BCUT2D eigenvalue weighted by atomic mass is 10.1. The van der Waals surface area contributed by atoms with E-state index in [2.05, 4.69) is 0 Å². The Kier molecular flexibility index (Phi) is 2.26. The number of rotatable bonds is 1. The van der Waals surface area contributed by atoms with Crippen LogP contribution < -0.4 is 0 Å². The molecule has 2 unspecified atom stereocenters. The zero-order chi connectivity index (χ0) is 10.6. The minimum absolute atomic E-state index is 0.0280. The van der Waals surface area contributed by atoms with Crippen molar-refractivity contribution in [2.24, 2.45) is 5.92 Å². The second-order valence-corrected chi connectivity index (χ2v) is 5.27. The lowest BCUT2D eigenvalue weighted by Gasteiger charge is -2.34. The first-order chi connectivity index (χ1) is 6.48. The highest BCUT2D eigenvalue weighted by molar-refractivity contribution is 6.52. The van der Waals surface area contributed by atoms with Crippen LogP contribution in [0.15, 0.2) is 0 Å². The highest BCUT2D eigenvalue weighted by Crippen LogP contribution is 2.69. The van der Waals surface area contributed by atoms with Crippen LogP contribution in [0.3, 0.4) is 0 Å². The summed E-state index contributed by atoms with van der Waals surface area (Å²) in [5.41, 5.74) is -0.764. The highest BCUT2D eigenvalue weighted by Gasteiger charge is 2.81. The molecule has 5 heteroatoms. The number of methoxy groups -OCH3 is 1. The van der Waals surface area contributed by atoms with E-state index >= 15 is 0 Å². The zero-order valence-electron chi connectivity index (χ0n) is 8.22. The maximum absolute atomic E-state index is 11.4. The molecule has 0 aromatic carbocycles. The van der Waals surface area contributed by atoms with Crippen molar-refractivity contribution in [2.75, 3.05) is 13.7 Å². The largest absolute Gasteiger partial charge is 0.355 e. The molecule has 1 saturated carbocycles. The van der Waals surface area contributed by atoms with Gasteiger partial charge in [0.15, 0.2) is 10.1 Å². The molecule has 0 bridgehead atoms. The maximum Gasteiger partial charge on any atom is 0.221 e. The third-order valence-electron chi connectivity index (χ3n) is 3.27. The van der Waals surface area contributed by atoms with Gasteiger partial charge < -0.3 is 9.64 Å². The standard InChI is InChI=1S/C9H13Cl2NO2/c1-6(13)12-5-3-4-7-8(10,11)9(7,12)14-2/h7H,3-5H2,1-2H3. The molecule has 1 heterocycles. The van der Waals surface area contributed by atoms with Crippen LogP contribution in [0, 0.1) is 5.92 Å². The summed E-state index contributed by atoms with van der Waals surface area (Å²) in [6.45, 7) is 2.20. The van der Waals surface area contributed by atoms with Crippen LogP contribution in [-0.2, 0) is 9.53 Å². The van der Waals surface area contributed by atoms with Crippen LogP contribution in [0.4, 0.5) is 0 Å². The van der Waals surface area contributed by atoms with Gasteiger partial charge in [-0.1, -0.05) is 23.2 Å². The number of ether oxygens (including phenoxy) is 1. The van der Waals surface area contributed by atoms with Crippen LogP contribution in [-0.4, -0.2) is 34.5 Å². The summed E-state index contributed by atoms with van der Waals surface area (Å²) < 4.78 is 4.46. The number of amides is 1. The van der Waals surface area contributed by atoms with Crippen LogP contribution in [0.25, 0.3) is 0 Å². The third-order valence-corrected chi connectivity index (χ3v) is 4.34. The molecule has 3 nitrogen and oxygen atoms in total. The van der Waals surface area contributed by atoms with Crippen LogP contribution >= 0.6 is 23.2 Å². The lowest BCUT2D eigenvalue weighted by Crippen LogP contribution is -2.48. The summed E-state index contributed by atoms with van der Waals surface area (Å²) in [6, 6.07) is 0. The smallest absolute Gasteiger partial charge is 0.221 e. The molecule has 80 valence electrons. The molecule has 0 aromatic heterocycles. The average Bonchev–Trinajstić information content (AvgIpc) is 2.64. The molecule has 2 atom stereocenters. The summed E-state index contributed by atoms with van der Waals surface area (Å²) >= 11 is 12.3. The van der Waals surface area contributed by atoms with E-state index in [1.807, 2.05) is 0 Å². The fourth-order valence-corrected chi connectivity index (χ4v) is 3.60. The summed E-state index contributed by atoms with van der Waals surface area (Å²) in [4.78, 5) is 13.1. The molecule has 1 aliphatic carbocycles. The van der Waals surface area contributed by atoms with Crippen LogP contribution in [0.1, 0.15) is 19.8 Å². The maximum atomic E-state index is 11.4. The Bertz CT molecular complexity index is 282. The van der Waals surface area contributed by atoms with Crippen LogP contribution in [0.5, 0.6) is 0 Å². The average molecular weight is 238 g/mol. The molecule has 2 aliphatic rings. The van der Waals surface area contributed by atoms with Gasteiger partial charge in [-0.15, -0.1) is 0 Å². The molecule has 1 amide bonds. The zero-order valence-corrected chi connectivity index (χ0v) is 9.73. The molecular formula is C9H13Cl2NO2. The van der Waals surface area contributed by atoms with E-state index in [0.29, 0.717) is 6.54 Å². The Balaban J connectivity index is 2.33. The number of hydrogen-bond donors (Lipinski definition) is 0. The second-order valence-electron chi connectivity index (χ2n) is 3.89. The molecule has 2 rings (SSSR count). The van der Waals surface area contributed by atoms with Gasteiger partial charge in [0.2, 0.25) is 5.91 Å². The van der Waals surface area contributed by atoms with Gasteiger partial charge in [0.05, 0.1) is 0 Å². The monoisotopic (exact) mass is 237 g/mol. The van der Waals surface area contributed by atoms with Crippen molar-refractivity contribution in [2.45, 2.75) is 29.8 Å². The number of likely N-dealkylation sites (tertiary alicyclic amines) is 1. The van der Waals surface area contributed by atoms with Crippen LogP contribution in [0.2, 0.25) is 0 Å². The fourth-order valence-electron chi connectivity index (χ4n) is 2.58. The number of nitrogens with zero attached hydrogens (tertiary/aromatic N) is 1. The van der Waals surface area contributed by atoms with E-state index in [4.69, 9.17) is 27.9 Å². The molecule has 0 spiro atoms. The van der Waals surface area contributed by atoms with Gasteiger partial charge in [-0.25, -0.2) is 0 Å². The SMILES string of the molecule is COC12C(CCCN1C(C)=O)C2(Cl)Cl. The number of carbonyl (C=O) groups excluding carboxylic acids is 1. The molecule has 14 heavy (non-hydrogen) atoms. The third kappa shape index (κ3) is 1.01. The second kappa shape index (κ2) is 3.00. The Morgan fingerprint density at radius 3 is 2.64 bits per heavy atom. The van der Waals surface area contributed by atoms with Crippen molar-refractivity contribution in [1.29, 1.82) is 0 Å². The minimum Gasteiger partial charge on any atom is -0.355 e. The van der Waals surface area contributed by atoms with Crippen molar-refractivity contribution in [3.05, 3.63) is 0 Å². The first-order valence-corrected chi connectivity index (χ1v) is 5.45. The predicted octanol–water partition coefficient (Wildman–Crippen LogP) is 1.78. The van der Waals surface area contributed by atoms with Gasteiger partial charge in [-0.05, 0) is 12.8 Å². The van der Waals surface area contributed by atoms with Gasteiger partial charge in [-0.2, -0.15) is 0 Å². The van der Waals surface area contributed by atoms with Gasteiger partial charge in [0, 0.05) is 26.5 Å². The Labute approximate surface area is 93.3 Å². The van der Waals surface area contributed by atoms with Crippen molar-refractivity contribution >= 4 is 29.1 Å². The number of carbonyl (C=O) groups is 1. The topological polar surface area (TPSA) is 29.5 Å². The van der Waals surface area contributed by atoms with Crippen molar-refractivity contribution < 1.29 is 9.53 Å². The molecule has 1 aliphatic heterocycles. The molecule has 0 aromatic rings. The van der Waals surface area contributed by atoms with E-state index < -0.39 is 10.1 Å². The van der Waals surface area contributed by atoms with E-state index in [0.717, 1.165) is 12.8 Å². The first kappa shape index (κ1) is 10.5. The predicted molar refractivity (Wildman–Crippen MR) is 54.3 cm³/mol. The molecular weight excluding hydrogens is 225 g/mol. The molecule has 1 saturated heterocycles. The van der Waals surface area contributed by atoms with Gasteiger partial charge in [0.1, 0.15) is 0 Å². The molecule has 2 fully saturated rings. The Morgan fingerprint density at radius 1 is 1.57 bits per heavy atom. The summed E-state index contributed by atoms with van der Waals surface area (Å²) in [7, 11) is 1.56.